The summed E-state index contributed by atoms with van der Waals surface area (Å²) in [6.45, 7) is 8.13. The molecule has 0 aliphatic carbocycles. The Hall–Kier alpha value is -1.82. The Morgan fingerprint density at radius 2 is 1.64 bits per heavy atom. The Morgan fingerprint density at radius 1 is 0.960 bits per heavy atom. The number of rotatable bonds is 2. The maximum absolute atomic E-state index is 6.16. The van der Waals surface area contributed by atoms with Gasteiger partial charge < -0.3 is 13.7 Å². The van der Waals surface area contributed by atoms with E-state index in [1.807, 2.05) is 70.2 Å². The molecule has 0 saturated carbocycles. The van der Waals surface area contributed by atoms with Gasteiger partial charge in [0, 0.05) is 16.0 Å². The van der Waals surface area contributed by atoms with Crippen molar-refractivity contribution >= 4 is 35.3 Å². The molecule has 25 heavy (non-hydrogen) atoms. The highest BCUT2D eigenvalue weighted by molar-refractivity contribution is 6.64. The molecule has 6 heteroatoms. The Kier molecular flexibility index (Phi) is 3.72. The number of benzene rings is 2. The van der Waals surface area contributed by atoms with E-state index in [1.165, 1.54) is 0 Å². The van der Waals surface area contributed by atoms with E-state index < -0.39 is 18.3 Å². The molecule has 2 aromatic carbocycles. The SMILES string of the molecule is CC1(C)OB(c2cccc3nc(-c4cccc(Cl)c4)oc23)OC1(C)C. The van der Waals surface area contributed by atoms with Gasteiger partial charge in [0.2, 0.25) is 5.89 Å². The molecular weight excluding hydrogens is 336 g/mol. The molecule has 2 heterocycles. The highest BCUT2D eigenvalue weighted by Gasteiger charge is 2.52. The van der Waals surface area contributed by atoms with E-state index in [9.17, 15) is 0 Å². The van der Waals surface area contributed by atoms with Crippen molar-refractivity contribution in [3.05, 3.63) is 47.5 Å². The van der Waals surface area contributed by atoms with Crippen molar-refractivity contribution in [3.63, 3.8) is 0 Å². The maximum atomic E-state index is 6.16. The summed E-state index contributed by atoms with van der Waals surface area (Å²) in [4.78, 5) is 4.59. The molecule has 1 aliphatic heterocycles. The summed E-state index contributed by atoms with van der Waals surface area (Å²) in [5.74, 6) is 0.529. The smallest absolute Gasteiger partial charge is 0.436 e. The molecule has 4 rings (SSSR count). The lowest BCUT2D eigenvalue weighted by Gasteiger charge is -2.32. The Balaban J connectivity index is 1.79. The first-order chi connectivity index (χ1) is 11.8. The molecule has 4 nitrogen and oxygen atoms in total. The number of para-hydroxylation sites is 1. The minimum absolute atomic E-state index is 0.407. The second kappa shape index (κ2) is 5.59. The van der Waals surface area contributed by atoms with Crippen LogP contribution in [0.5, 0.6) is 0 Å². The molecule has 1 aromatic heterocycles. The van der Waals surface area contributed by atoms with E-state index >= 15 is 0 Å². The summed E-state index contributed by atoms with van der Waals surface area (Å²) < 4.78 is 18.4. The Labute approximate surface area is 152 Å². The van der Waals surface area contributed by atoms with Gasteiger partial charge in [0.05, 0.1) is 11.2 Å². The lowest BCUT2D eigenvalue weighted by molar-refractivity contribution is 0.00578. The highest BCUT2D eigenvalue weighted by atomic mass is 35.5. The molecule has 0 spiro atoms. The number of oxazole rings is 1. The summed E-state index contributed by atoms with van der Waals surface area (Å²) in [7, 11) is -0.492. The zero-order valence-corrected chi connectivity index (χ0v) is 15.4. The van der Waals surface area contributed by atoms with Gasteiger partial charge in [-0.3, -0.25) is 0 Å². The van der Waals surface area contributed by atoms with Crippen LogP contribution in [0, 0.1) is 0 Å². The molecule has 0 radical (unpaired) electrons. The molecule has 128 valence electrons. The third kappa shape index (κ3) is 2.76. The molecule has 0 unspecified atom stereocenters. The molecule has 0 amide bonds. The zero-order valence-electron chi connectivity index (χ0n) is 14.7. The van der Waals surface area contributed by atoms with Crippen LogP contribution in [0.2, 0.25) is 5.02 Å². The average Bonchev–Trinajstić information content (AvgIpc) is 3.05. The third-order valence-corrected chi connectivity index (χ3v) is 5.26. The standard InChI is InChI=1S/C19H19BClNO3/c1-18(2)19(3,4)25-20(24-18)14-9-6-10-15-16(14)23-17(22-15)12-7-5-8-13(21)11-12/h5-11H,1-4H3. The van der Waals surface area contributed by atoms with E-state index in [1.54, 1.807) is 0 Å². The van der Waals surface area contributed by atoms with Gasteiger partial charge in [-0.25, -0.2) is 4.98 Å². The van der Waals surface area contributed by atoms with Gasteiger partial charge in [-0.1, -0.05) is 29.8 Å². The molecule has 0 bridgehead atoms. The monoisotopic (exact) mass is 355 g/mol. The fraction of sp³-hybridized carbons (Fsp3) is 0.316. The van der Waals surface area contributed by atoms with Gasteiger partial charge in [0.1, 0.15) is 5.52 Å². The van der Waals surface area contributed by atoms with Crippen molar-refractivity contribution in [2.24, 2.45) is 0 Å². The molecule has 0 N–H and O–H groups in total. The number of nitrogens with zero attached hydrogens (tertiary/aromatic N) is 1. The van der Waals surface area contributed by atoms with Gasteiger partial charge in [-0.05, 0) is 52.0 Å². The lowest BCUT2D eigenvalue weighted by atomic mass is 9.78. The fourth-order valence-corrected chi connectivity index (χ4v) is 3.06. The number of hydrogen-bond donors (Lipinski definition) is 0. The number of halogens is 1. The molecule has 0 atom stereocenters. The molecule has 1 saturated heterocycles. The number of hydrogen-bond acceptors (Lipinski definition) is 4. The van der Waals surface area contributed by atoms with Crippen LogP contribution in [-0.4, -0.2) is 23.3 Å². The van der Waals surface area contributed by atoms with Gasteiger partial charge in [-0.2, -0.15) is 0 Å². The Bertz CT molecular complexity index is 935. The zero-order chi connectivity index (χ0) is 17.8. The van der Waals surface area contributed by atoms with E-state index in [4.69, 9.17) is 25.3 Å². The highest BCUT2D eigenvalue weighted by Crippen LogP contribution is 2.37. The predicted octanol–water partition coefficient (Wildman–Crippen LogP) is 4.45. The van der Waals surface area contributed by atoms with Crippen LogP contribution < -0.4 is 5.46 Å². The second-order valence-corrected chi connectivity index (χ2v) is 7.75. The largest absolute Gasteiger partial charge is 0.498 e. The summed E-state index contributed by atoms with van der Waals surface area (Å²) in [5, 5.41) is 0.644. The third-order valence-electron chi connectivity index (χ3n) is 5.02. The fourth-order valence-electron chi connectivity index (χ4n) is 2.87. The predicted molar refractivity (Wildman–Crippen MR) is 100 cm³/mol. The summed E-state index contributed by atoms with van der Waals surface area (Å²) in [6, 6.07) is 13.3. The quantitative estimate of drug-likeness (QED) is 0.637. The molecule has 3 aromatic rings. The van der Waals surface area contributed by atoms with Crippen LogP contribution in [0.15, 0.2) is 46.9 Å². The van der Waals surface area contributed by atoms with Crippen LogP contribution in [0.25, 0.3) is 22.6 Å². The van der Waals surface area contributed by atoms with Crippen molar-refractivity contribution in [2.75, 3.05) is 0 Å². The molecular formula is C19H19BClNO3. The van der Waals surface area contributed by atoms with E-state index in [0.29, 0.717) is 16.5 Å². The minimum Gasteiger partial charge on any atom is -0.436 e. The van der Waals surface area contributed by atoms with Gasteiger partial charge in [0.15, 0.2) is 5.58 Å². The first-order valence-electron chi connectivity index (χ1n) is 8.28. The van der Waals surface area contributed by atoms with Crippen LogP contribution in [0.1, 0.15) is 27.7 Å². The van der Waals surface area contributed by atoms with Crippen molar-refractivity contribution in [1.82, 2.24) is 4.98 Å². The normalized spacial score (nSPS) is 18.8. The van der Waals surface area contributed by atoms with E-state index in [2.05, 4.69) is 4.98 Å². The van der Waals surface area contributed by atoms with Gasteiger partial charge in [0.25, 0.3) is 0 Å². The first kappa shape index (κ1) is 16.6. The molecule has 1 fully saturated rings. The van der Waals surface area contributed by atoms with Crippen LogP contribution >= 0.6 is 11.6 Å². The summed E-state index contributed by atoms with van der Waals surface area (Å²) in [6.07, 6.45) is 0. The van der Waals surface area contributed by atoms with Gasteiger partial charge in [-0.15, -0.1) is 0 Å². The maximum Gasteiger partial charge on any atom is 0.498 e. The first-order valence-corrected chi connectivity index (χ1v) is 8.66. The number of aromatic nitrogens is 1. The minimum atomic E-state index is -0.492. The van der Waals surface area contributed by atoms with Crippen molar-refractivity contribution in [1.29, 1.82) is 0 Å². The molecule has 1 aliphatic rings. The van der Waals surface area contributed by atoms with Crippen molar-refractivity contribution < 1.29 is 13.7 Å². The summed E-state index contributed by atoms with van der Waals surface area (Å²) >= 11 is 6.08. The average molecular weight is 356 g/mol. The van der Waals surface area contributed by atoms with Crippen LogP contribution in [-0.2, 0) is 9.31 Å². The van der Waals surface area contributed by atoms with Crippen molar-refractivity contribution in [3.8, 4) is 11.5 Å². The lowest BCUT2D eigenvalue weighted by Crippen LogP contribution is -2.41. The Morgan fingerprint density at radius 3 is 2.32 bits per heavy atom. The summed E-state index contributed by atoms with van der Waals surface area (Å²) in [5.41, 5.74) is 2.31. The van der Waals surface area contributed by atoms with Gasteiger partial charge >= 0.3 is 7.12 Å². The van der Waals surface area contributed by atoms with E-state index in [-0.39, 0.29) is 0 Å². The topological polar surface area (TPSA) is 44.5 Å². The van der Waals surface area contributed by atoms with Crippen LogP contribution in [0.4, 0.5) is 0 Å². The second-order valence-electron chi connectivity index (χ2n) is 7.31. The van der Waals surface area contributed by atoms with Crippen molar-refractivity contribution in [2.45, 2.75) is 38.9 Å². The van der Waals surface area contributed by atoms with Crippen LogP contribution in [0.3, 0.4) is 0 Å². The van der Waals surface area contributed by atoms with E-state index in [0.717, 1.165) is 16.5 Å². The number of fused-ring (bicyclic) bond motifs is 1.